The van der Waals surface area contributed by atoms with E-state index in [1.54, 1.807) is 0 Å². The normalized spacial score (nSPS) is 26.9. The third kappa shape index (κ3) is 0.796. The molecule has 1 aliphatic rings. The summed E-state index contributed by atoms with van der Waals surface area (Å²) in [7, 11) is 0. The van der Waals surface area contributed by atoms with Gasteiger partial charge in [0.2, 0.25) is 0 Å². The molecule has 1 aliphatic carbocycles. The highest BCUT2D eigenvalue weighted by Gasteiger charge is 2.35. The number of Topliss-reactive ketones (excluding diaryl/α,β-unsaturated/α-hetero) is 1. The Morgan fingerprint density at radius 3 is 2.71 bits per heavy atom. The SMILES string of the molecule is C=COC1CC1=O. The summed E-state index contributed by atoms with van der Waals surface area (Å²) >= 11 is 0. The van der Waals surface area contributed by atoms with E-state index < -0.39 is 0 Å². The number of carbonyl (C=O) groups excluding carboxylic acids is 1. The lowest BCUT2D eigenvalue weighted by Gasteiger charge is -1.86. The summed E-state index contributed by atoms with van der Waals surface area (Å²) < 4.78 is 4.68. The van der Waals surface area contributed by atoms with Crippen LogP contribution in [0.15, 0.2) is 12.8 Å². The highest BCUT2D eigenvalue weighted by Crippen LogP contribution is 2.17. The van der Waals surface area contributed by atoms with E-state index in [0.717, 1.165) is 0 Å². The fourth-order valence-electron chi connectivity index (χ4n) is 0.364. The molecule has 0 aliphatic heterocycles. The number of carbonyl (C=O) groups is 1. The van der Waals surface area contributed by atoms with Crippen LogP contribution in [0.25, 0.3) is 0 Å². The van der Waals surface area contributed by atoms with Crippen LogP contribution in [0.4, 0.5) is 0 Å². The van der Waals surface area contributed by atoms with Gasteiger partial charge in [0.25, 0.3) is 0 Å². The summed E-state index contributed by atoms with van der Waals surface area (Å²) in [6.45, 7) is 3.30. The predicted molar refractivity (Wildman–Crippen MR) is 24.7 cm³/mol. The first-order valence-corrected chi connectivity index (χ1v) is 2.13. The monoisotopic (exact) mass is 98.0 g/mol. The number of ether oxygens (including phenoxy) is 1. The van der Waals surface area contributed by atoms with E-state index in [4.69, 9.17) is 0 Å². The van der Waals surface area contributed by atoms with Gasteiger partial charge >= 0.3 is 0 Å². The second-order valence-electron chi connectivity index (χ2n) is 1.46. The Hall–Kier alpha value is -0.790. The molecule has 1 unspecified atom stereocenters. The Kier molecular flexibility index (Phi) is 0.855. The molecule has 1 rings (SSSR count). The van der Waals surface area contributed by atoms with Gasteiger partial charge in [-0.15, -0.1) is 0 Å². The summed E-state index contributed by atoms with van der Waals surface area (Å²) in [5.74, 6) is 0.180. The zero-order chi connectivity index (χ0) is 5.28. The van der Waals surface area contributed by atoms with Crippen molar-refractivity contribution in [3.63, 3.8) is 0 Å². The van der Waals surface area contributed by atoms with Crippen molar-refractivity contribution < 1.29 is 9.53 Å². The highest BCUT2D eigenvalue weighted by molar-refractivity contribution is 5.98. The summed E-state index contributed by atoms with van der Waals surface area (Å²) in [5, 5.41) is 0. The second-order valence-corrected chi connectivity index (χ2v) is 1.46. The van der Waals surface area contributed by atoms with Crippen LogP contribution in [0, 0.1) is 0 Å². The summed E-state index contributed by atoms with van der Waals surface area (Å²) in [4.78, 5) is 10.1. The van der Waals surface area contributed by atoms with Gasteiger partial charge in [0.15, 0.2) is 11.9 Å². The van der Waals surface area contributed by atoms with E-state index in [0.29, 0.717) is 6.42 Å². The molecular weight excluding hydrogens is 92.1 g/mol. The zero-order valence-corrected chi connectivity index (χ0v) is 3.89. The van der Waals surface area contributed by atoms with Crippen molar-refractivity contribution in [2.24, 2.45) is 0 Å². The molecule has 0 N–H and O–H groups in total. The van der Waals surface area contributed by atoms with Gasteiger partial charge in [-0.1, -0.05) is 6.58 Å². The first-order valence-electron chi connectivity index (χ1n) is 2.13. The van der Waals surface area contributed by atoms with Crippen molar-refractivity contribution in [3.8, 4) is 0 Å². The van der Waals surface area contributed by atoms with Crippen LogP contribution in [0.2, 0.25) is 0 Å². The molecule has 0 amide bonds. The van der Waals surface area contributed by atoms with Crippen LogP contribution in [0.5, 0.6) is 0 Å². The van der Waals surface area contributed by atoms with Gasteiger partial charge in [-0.05, 0) is 0 Å². The highest BCUT2D eigenvalue weighted by atomic mass is 16.5. The van der Waals surface area contributed by atoms with Crippen LogP contribution in [0.1, 0.15) is 6.42 Å². The van der Waals surface area contributed by atoms with E-state index in [9.17, 15) is 4.79 Å². The first-order chi connectivity index (χ1) is 3.34. The van der Waals surface area contributed by atoms with Crippen LogP contribution in [-0.4, -0.2) is 11.9 Å². The summed E-state index contributed by atoms with van der Waals surface area (Å²) in [5.41, 5.74) is 0. The smallest absolute Gasteiger partial charge is 0.177 e. The minimum atomic E-state index is -0.141. The van der Waals surface area contributed by atoms with Crippen molar-refractivity contribution in [1.82, 2.24) is 0 Å². The molecule has 7 heavy (non-hydrogen) atoms. The predicted octanol–water partition coefficient (Wildman–Crippen LogP) is 0.488. The molecule has 0 radical (unpaired) electrons. The Morgan fingerprint density at radius 1 is 2.00 bits per heavy atom. The van der Waals surface area contributed by atoms with Crippen molar-refractivity contribution in [1.29, 1.82) is 0 Å². The van der Waals surface area contributed by atoms with Crippen molar-refractivity contribution >= 4 is 5.78 Å². The topological polar surface area (TPSA) is 26.3 Å². The molecule has 2 nitrogen and oxygen atoms in total. The maximum absolute atomic E-state index is 10.1. The summed E-state index contributed by atoms with van der Waals surface area (Å²) in [6, 6.07) is 0. The Bertz CT molecular complexity index is 107. The van der Waals surface area contributed by atoms with Crippen LogP contribution in [0.3, 0.4) is 0 Å². The van der Waals surface area contributed by atoms with Crippen LogP contribution < -0.4 is 0 Å². The molecule has 0 spiro atoms. The third-order valence-corrected chi connectivity index (χ3v) is 0.846. The zero-order valence-electron chi connectivity index (χ0n) is 3.89. The van der Waals surface area contributed by atoms with Gasteiger partial charge in [0.05, 0.1) is 12.7 Å². The Balaban J connectivity index is 2.20. The minimum absolute atomic E-state index is 0.141. The average molecular weight is 98.1 g/mol. The van der Waals surface area contributed by atoms with Crippen LogP contribution >= 0.6 is 0 Å². The Morgan fingerprint density at radius 2 is 2.57 bits per heavy atom. The van der Waals surface area contributed by atoms with Crippen molar-refractivity contribution in [2.75, 3.05) is 0 Å². The molecule has 0 saturated heterocycles. The van der Waals surface area contributed by atoms with E-state index in [2.05, 4.69) is 11.3 Å². The van der Waals surface area contributed by atoms with Gasteiger partial charge in [0.1, 0.15) is 0 Å². The standard InChI is InChI=1S/C5H6O2/c1-2-7-5-3-4(5)6/h2,5H,1,3H2. The lowest BCUT2D eigenvalue weighted by molar-refractivity contribution is -0.112. The first kappa shape index (κ1) is 4.37. The van der Waals surface area contributed by atoms with E-state index in [-0.39, 0.29) is 11.9 Å². The third-order valence-electron chi connectivity index (χ3n) is 0.846. The van der Waals surface area contributed by atoms with Crippen molar-refractivity contribution in [3.05, 3.63) is 12.8 Å². The van der Waals surface area contributed by atoms with Gasteiger partial charge in [-0.25, -0.2) is 0 Å². The van der Waals surface area contributed by atoms with E-state index in [1.165, 1.54) is 6.26 Å². The molecule has 2 heteroatoms. The molecule has 1 fully saturated rings. The molecule has 0 bridgehead atoms. The Labute approximate surface area is 41.8 Å². The fourth-order valence-corrected chi connectivity index (χ4v) is 0.364. The maximum Gasteiger partial charge on any atom is 0.177 e. The maximum atomic E-state index is 10.1. The molecular formula is C5H6O2. The largest absolute Gasteiger partial charge is 0.490 e. The van der Waals surface area contributed by atoms with E-state index >= 15 is 0 Å². The fraction of sp³-hybridized carbons (Fsp3) is 0.400. The van der Waals surface area contributed by atoms with Gasteiger partial charge in [-0.3, -0.25) is 4.79 Å². The number of hydrogen-bond acceptors (Lipinski definition) is 2. The quantitative estimate of drug-likeness (QED) is 0.470. The molecule has 1 atom stereocenters. The second kappa shape index (κ2) is 1.37. The van der Waals surface area contributed by atoms with Gasteiger partial charge in [0, 0.05) is 0 Å². The summed E-state index contributed by atoms with van der Waals surface area (Å²) in [6.07, 6.45) is 1.74. The lowest BCUT2D eigenvalue weighted by Crippen LogP contribution is -1.85. The molecule has 0 aromatic carbocycles. The molecule has 38 valence electrons. The van der Waals surface area contributed by atoms with Crippen LogP contribution in [-0.2, 0) is 9.53 Å². The van der Waals surface area contributed by atoms with E-state index in [1.807, 2.05) is 0 Å². The number of rotatable bonds is 2. The molecule has 0 heterocycles. The number of hydrogen-bond donors (Lipinski definition) is 0. The average Bonchev–Trinajstić information content (AvgIpc) is 2.22. The minimum Gasteiger partial charge on any atom is -0.490 e. The molecule has 0 aromatic heterocycles. The lowest BCUT2D eigenvalue weighted by atomic mass is 10.8. The van der Waals surface area contributed by atoms with Gasteiger partial charge in [-0.2, -0.15) is 0 Å². The molecule has 0 aromatic rings. The van der Waals surface area contributed by atoms with Gasteiger partial charge < -0.3 is 4.74 Å². The number of ketones is 1. The van der Waals surface area contributed by atoms with Crippen molar-refractivity contribution in [2.45, 2.75) is 12.5 Å². The molecule has 1 saturated carbocycles.